The molecule has 0 aromatic heterocycles. The van der Waals surface area contributed by atoms with Gasteiger partial charge in [-0.3, -0.25) is 19.8 Å². The summed E-state index contributed by atoms with van der Waals surface area (Å²) < 4.78 is 5.07. The maximum atomic E-state index is 12.8. The van der Waals surface area contributed by atoms with Crippen molar-refractivity contribution in [2.45, 2.75) is 38.5 Å². The highest BCUT2D eigenvalue weighted by Gasteiger charge is 2.29. The van der Waals surface area contributed by atoms with Gasteiger partial charge >= 0.3 is 6.03 Å². The molecule has 1 aromatic carbocycles. The number of benzene rings is 1. The summed E-state index contributed by atoms with van der Waals surface area (Å²) in [5.41, 5.74) is 0.578. The number of nitrogens with zero attached hydrogens (tertiary/aromatic N) is 2. The van der Waals surface area contributed by atoms with Crippen LogP contribution in [-0.2, 0) is 9.59 Å². The number of imide groups is 1. The Hall–Kier alpha value is -2.61. The Morgan fingerprint density at radius 3 is 2.20 bits per heavy atom. The summed E-state index contributed by atoms with van der Waals surface area (Å²) in [4.78, 5) is 41.0. The zero-order valence-electron chi connectivity index (χ0n) is 17.7. The Balaban J connectivity index is 1.38. The maximum absolute atomic E-state index is 12.8. The van der Waals surface area contributed by atoms with Crippen LogP contribution in [0.5, 0.6) is 5.75 Å². The highest BCUT2D eigenvalue weighted by atomic mass is 16.5. The van der Waals surface area contributed by atoms with Crippen LogP contribution in [0, 0.1) is 5.92 Å². The quantitative estimate of drug-likeness (QED) is 0.769. The molecular weight excluding hydrogens is 384 g/mol. The SMILES string of the molecule is COc1ccc(NC(=O)NC(=O)CN2CCC(C(=O)N3CCCCCC3)CC2)cc1. The van der Waals surface area contributed by atoms with Gasteiger partial charge < -0.3 is 15.0 Å². The number of carbonyl (C=O) groups excluding carboxylic acids is 3. The second kappa shape index (κ2) is 11.0. The van der Waals surface area contributed by atoms with Crippen molar-refractivity contribution in [1.29, 1.82) is 0 Å². The molecule has 0 saturated carbocycles. The number of carbonyl (C=O) groups is 3. The summed E-state index contributed by atoms with van der Waals surface area (Å²) in [6.45, 7) is 3.30. The van der Waals surface area contributed by atoms with E-state index in [0.717, 1.165) is 38.8 Å². The molecule has 8 heteroatoms. The molecule has 1 aromatic rings. The average molecular weight is 417 g/mol. The standard InChI is InChI=1S/C22H32N4O4/c1-30-19-8-6-18(7-9-19)23-22(29)24-20(27)16-25-14-10-17(11-15-25)21(28)26-12-4-2-3-5-13-26/h6-9,17H,2-5,10-16H2,1H3,(H2,23,24,27,29). The van der Waals surface area contributed by atoms with Crippen LogP contribution in [0.2, 0.25) is 0 Å². The van der Waals surface area contributed by atoms with Gasteiger partial charge in [-0.05, 0) is 63.0 Å². The van der Waals surface area contributed by atoms with Crippen molar-refractivity contribution in [1.82, 2.24) is 15.1 Å². The maximum Gasteiger partial charge on any atom is 0.325 e. The number of ether oxygens (including phenoxy) is 1. The highest BCUT2D eigenvalue weighted by Crippen LogP contribution is 2.21. The molecule has 30 heavy (non-hydrogen) atoms. The lowest BCUT2D eigenvalue weighted by Crippen LogP contribution is -2.47. The van der Waals surface area contributed by atoms with E-state index < -0.39 is 6.03 Å². The molecule has 0 bridgehead atoms. The number of piperidine rings is 1. The molecule has 2 fully saturated rings. The van der Waals surface area contributed by atoms with Crippen molar-refractivity contribution in [3.63, 3.8) is 0 Å². The summed E-state index contributed by atoms with van der Waals surface area (Å²) in [6.07, 6.45) is 6.15. The highest BCUT2D eigenvalue weighted by molar-refractivity contribution is 6.01. The van der Waals surface area contributed by atoms with Crippen molar-refractivity contribution in [2.75, 3.05) is 45.2 Å². The number of hydrogen-bond acceptors (Lipinski definition) is 5. The Bertz CT molecular complexity index is 721. The molecule has 164 valence electrons. The van der Waals surface area contributed by atoms with E-state index in [4.69, 9.17) is 4.74 Å². The molecule has 0 aliphatic carbocycles. The molecule has 2 saturated heterocycles. The monoisotopic (exact) mass is 416 g/mol. The number of likely N-dealkylation sites (tertiary alicyclic amines) is 2. The van der Waals surface area contributed by atoms with Gasteiger partial charge in [0.2, 0.25) is 11.8 Å². The first-order valence-corrected chi connectivity index (χ1v) is 10.8. The number of anilines is 1. The van der Waals surface area contributed by atoms with Crippen molar-refractivity contribution in [3.05, 3.63) is 24.3 Å². The van der Waals surface area contributed by atoms with Crippen molar-refractivity contribution in [2.24, 2.45) is 5.92 Å². The van der Waals surface area contributed by atoms with Crippen molar-refractivity contribution < 1.29 is 19.1 Å². The van der Waals surface area contributed by atoms with Gasteiger partial charge in [-0.25, -0.2) is 4.79 Å². The molecule has 2 heterocycles. The fourth-order valence-electron chi connectivity index (χ4n) is 4.09. The number of amides is 4. The molecule has 2 aliphatic heterocycles. The predicted octanol–water partition coefficient (Wildman–Crippen LogP) is 2.46. The molecule has 0 radical (unpaired) electrons. The third-order valence-corrected chi connectivity index (χ3v) is 5.82. The minimum Gasteiger partial charge on any atom is -0.497 e. The van der Waals surface area contributed by atoms with Crippen LogP contribution < -0.4 is 15.4 Å². The molecule has 2 aliphatic rings. The van der Waals surface area contributed by atoms with E-state index in [1.165, 1.54) is 12.8 Å². The summed E-state index contributed by atoms with van der Waals surface area (Å²) in [6, 6.07) is 6.31. The number of methoxy groups -OCH3 is 1. The predicted molar refractivity (Wildman–Crippen MR) is 114 cm³/mol. The summed E-state index contributed by atoms with van der Waals surface area (Å²) in [5.74, 6) is 0.675. The lowest BCUT2D eigenvalue weighted by Gasteiger charge is -2.33. The fraction of sp³-hybridized carbons (Fsp3) is 0.591. The summed E-state index contributed by atoms with van der Waals surface area (Å²) >= 11 is 0. The molecular formula is C22H32N4O4. The third kappa shape index (κ3) is 6.45. The average Bonchev–Trinajstić information content (AvgIpc) is 3.04. The lowest BCUT2D eigenvalue weighted by atomic mass is 9.95. The Kier molecular flexibility index (Phi) is 8.07. The van der Waals surface area contributed by atoms with E-state index in [1.54, 1.807) is 31.4 Å². The largest absolute Gasteiger partial charge is 0.497 e. The number of rotatable bonds is 5. The third-order valence-electron chi connectivity index (χ3n) is 5.82. The van der Waals surface area contributed by atoms with E-state index in [9.17, 15) is 14.4 Å². The van der Waals surface area contributed by atoms with Crippen LogP contribution >= 0.6 is 0 Å². The first-order chi connectivity index (χ1) is 14.5. The van der Waals surface area contributed by atoms with E-state index in [-0.39, 0.29) is 24.3 Å². The van der Waals surface area contributed by atoms with Crippen molar-refractivity contribution in [3.8, 4) is 5.75 Å². The smallest absolute Gasteiger partial charge is 0.325 e. The van der Waals surface area contributed by atoms with Gasteiger partial charge in [-0.2, -0.15) is 0 Å². The fourth-order valence-corrected chi connectivity index (χ4v) is 4.09. The van der Waals surface area contributed by atoms with Gasteiger partial charge in [0.25, 0.3) is 0 Å². The van der Waals surface area contributed by atoms with Crippen LogP contribution in [0.3, 0.4) is 0 Å². The zero-order valence-corrected chi connectivity index (χ0v) is 17.7. The van der Waals surface area contributed by atoms with E-state index in [0.29, 0.717) is 24.5 Å². The Labute approximate surface area is 177 Å². The van der Waals surface area contributed by atoms with Crippen LogP contribution in [0.1, 0.15) is 38.5 Å². The minimum absolute atomic E-state index is 0.0563. The summed E-state index contributed by atoms with van der Waals surface area (Å²) in [5, 5.41) is 4.99. The van der Waals surface area contributed by atoms with Gasteiger partial charge in [0.1, 0.15) is 5.75 Å². The van der Waals surface area contributed by atoms with Crippen LogP contribution in [0.25, 0.3) is 0 Å². The molecule has 4 amide bonds. The second-order valence-electron chi connectivity index (χ2n) is 8.02. The Morgan fingerprint density at radius 1 is 0.967 bits per heavy atom. The normalized spacial score (nSPS) is 18.4. The molecule has 3 rings (SSSR count). The number of urea groups is 1. The molecule has 2 N–H and O–H groups in total. The van der Waals surface area contributed by atoms with Gasteiger partial charge in [0.15, 0.2) is 0 Å². The van der Waals surface area contributed by atoms with E-state index in [2.05, 4.69) is 10.6 Å². The van der Waals surface area contributed by atoms with Gasteiger partial charge in [0.05, 0.1) is 13.7 Å². The van der Waals surface area contributed by atoms with E-state index in [1.807, 2.05) is 9.80 Å². The first kappa shape index (κ1) is 22.1. The van der Waals surface area contributed by atoms with Gasteiger partial charge in [0, 0.05) is 24.7 Å². The molecule has 0 atom stereocenters. The van der Waals surface area contributed by atoms with Gasteiger partial charge in [-0.1, -0.05) is 12.8 Å². The lowest BCUT2D eigenvalue weighted by molar-refractivity contribution is -0.137. The van der Waals surface area contributed by atoms with Crippen LogP contribution in [0.4, 0.5) is 10.5 Å². The topological polar surface area (TPSA) is 91.0 Å². The van der Waals surface area contributed by atoms with E-state index >= 15 is 0 Å². The minimum atomic E-state index is -0.559. The van der Waals surface area contributed by atoms with Gasteiger partial charge in [-0.15, -0.1) is 0 Å². The Morgan fingerprint density at radius 2 is 1.60 bits per heavy atom. The van der Waals surface area contributed by atoms with Crippen molar-refractivity contribution >= 4 is 23.5 Å². The second-order valence-corrected chi connectivity index (χ2v) is 8.02. The van der Waals surface area contributed by atoms with Crippen LogP contribution in [-0.4, -0.2) is 67.5 Å². The van der Waals surface area contributed by atoms with Crippen LogP contribution in [0.15, 0.2) is 24.3 Å². The number of nitrogens with one attached hydrogen (secondary N) is 2. The number of hydrogen-bond donors (Lipinski definition) is 2. The zero-order chi connectivity index (χ0) is 21.3. The molecule has 0 unspecified atom stereocenters. The molecule has 8 nitrogen and oxygen atoms in total. The first-order valence-electron chi connectivity index (χ1n) is 10.8. The molecule has 0 spiro atoms. The summed E-state index contributed by atoms with van der Waals surface area (Å²) in [7, 11) is 1.57.